The highest BCUT2D eigenvalue weighted by atomic mass is 32.2. The fourth-order valence-electron chi connectivity index (χ4n) is 4.09. The van der Waals surface area contributed by atoms with E-state index in [0.29, 0.717) is 12.0 Å². The molecule has 0 spiro atoms. The number of aliphatic hydroxyl groups is 1. The van der Waals surface area contributed by atoms with Crippen LogP contribution >= 0.6 is 23.5 Å². The van der Waals surface area contributed by atoms with Crippen LogP contribution in [0.4, 0.5) is 0 Å². The van der Waals surface area contributed by atoms with Gasteiger partial charge in [0.05, 0.1) is 6.10 Å². The SMILES string of the molecule is CCCCSc1cccc2c1B(O)OC2C[N+](=O)[O-].NCC1OB(O)c2c(SCCCO)cccc21. The second-order valence-electron chi connectivity index (χ2n) is 8.35. The van der Waals surface area contributed by atoms with E-state index in [1.54, 1.807) is 29.6 Å². The summed E-state index contributed by atoms with van der Waals surface area (Å²) in [7, 11) is -1.93. The average Bonchev–Trinajstić information content (AvgIpc) is 3.36. The minimum absolute atomic E-state index is 0.187. The molecular formula is C23H32B2N2O7S2. The summed E-state index contributed by atoms with van der Waals surface area (Å²) in [6, 6.07) is 11.4. The van der Waals surface area contributed by atoms with Crippen molar-refractivity contribution in [3.8, 4) is 0 Å². The van der Waals surface area contributed by atoms with Crippen LogP contribution in [0.5, 0.6) is 0 Å². The highest BCUT2D eigenvalue weighted by Crippen LogP contribution is 2.30. The van der Waals surface area contributed by atoms with Gasteiger partial charge in [-0.05, 0) is 41.9 Å². The van der Waals surface area contributed by atoms with Crippen LogP contribution in [0.25, 0.3) is 0 Å². The maximum Gasteiger partial charge on any atom is 0.493 e. The molecule has 2 heterocycles. The smallest absolute Gasteiger partial charge is 0.423 e. The van der Waals surface area contributed by atoms with Crippen molar-refractivity contribution in [2.75, 3.05) is 31.2 Å². The Morgan fingerprint density at radius 3 is 2.00 bits per heavy atom. The second-order valence-corrected chi connectivity index (χ2v) is 10.6. The molecule has 0 saturated carbocycles. The van der Waals surface area contributed by atoms with Crippen LogP contribution in [0.2, 0.25) is 0 Å². The molecule has 0 radical (unpaired) electrons. The number of aliphatic hydroxyl groups excluding tert-OH is 1. The van der Waals surface area contributed by atoms with Crippen molar-refractivity contribution in [2.45, 2.75) is 48.2 Å². The highest BCUT2D eigenvalue weighted by Gasteiger charge is 2.39. The monoisotopic (exact) mass is 534 g/mol. The number of hydrogen-bond donors (Lipinski definition) is 4. The van der Waals surface area contributed by atoms with Crippen molar-refractivity contribution in [2.24, 2.45) is 5.73 Å². The zero-order valence-corrected chi connectivity index (χ0v) is 21.9. The Labute approximate surface area is 220 Å². The zero-order valence-electron chi connectivity index (χ0n) is 20.2. The minimum atomic E-state index is -1.05. The predicted octanol–water partition coefficient (Wildman–Crippen LogP) is 1.49. The first-order valence-corrected chi connectivity index (χ1v) is 14.0. The van der Waals surface area contributed by atoms with Gasteiger partial charge in [-0.25, -0.2) is 0 Å². The minimum Gasteiger partial charge on any atom is -0.423 e. The summed E-state index contributed by atoms with van der Waals surface area (Å²) in [5.74, 6) is 1.80. The van der Waals surface area contributed by atoms with Gasteiger partial charge in [-0.15, -0.1) is 23.5 Å². The molecule has 0 bridgehead atoms. The van der Waals surface area contributed by atoms with Crippen molar-refractivity contribution in [1.29, 1.82) is 0 Å². The van der Waals surface area contributed by atoms with Crippen molar-refractivity contribution in [3.05, 3.63) is 57.6 Å². The van der Waals surface area contributed by atoms with Crippen molar-refractivity contribution < 1.29 is 29.4 Å². The molecular weight excluding hydrogens is 502 g/mol. The van der Waals surface area contributed by atoms with Crippen molar-refractivity contribution >= 4 is 48.7 Å². The number of unbranched alkanes of at least 4 members (excludes halogenated alkanes) is 1. The van der Waals surface area contributed by atoms with Crippen LogP contribution in [-0.2, 0) is 9.31 Å². The van der Waals surface area contributed by atoms with E-state index in [1.165, 1.54) is 0 Å². The maximum atomic E-state index is 10.6. The summed E-state index contributed by atoms with van der Waals surface area (Å²) < 4.78 is 10.7. The van der Waals surface area contributed by atoms with Crippen LogP contribution in [0.15, 0.2) is 46.2 Å². The lowest BCUT2D eigenvalue weighted by Crippen LogP contribution is -2.30. The van der Waals surface area contributed by atoms with Gasteiger partial charge in [-0.1, -0.05) is 37.6 Å². The Morgan fingerprint density at radius 2 is 1.50 bits per heavy atom. The fourth-order valence-corrected chi connectivity index (χ4v) is 6.33. The van der Waals surface area contributed by atoms with Crippen LogP contribution in [0.3, 0.4) is 0 Å². The van der Waals surface area contributed by atoms with E-state index in [2.05, 4.69) is 6.92 Å². The van der Waals surface area contributed by atoms with Gasteiger partial charge >= 0.3 is 14.2 Å². The molecule has 0 aliphatic carbocycles. The molecule has 2 aromatic rings. The quantitative estimate of drug-likeness (QED) is 0.110. The van der Waals surface area contributed by atoms with E-state index in [4.69, 9.17) is 20.1 Å². The van der Waals surface area contributed by atoms with Crippen LogP contribution in [0.1, 0.15) is 49.5 Å². The number of nitrogens with two attached hydrogens (primary N) is 1. The molecule has 2 aliphatic rings. The van der Waals surface area contributed by atoms with E-state index in [0.717, 1.165) is 57.1 Å². The summed E-state index contributed by atoms with van der Waals surface area (Å²) in [6.45, 7) is 2.37. The van der Waals surface area contributed by atoms with E-state index >= 15 is 0 Å². The first-order valence-electron chi connectivity index (χ1n) is 12.0. The normalized spacial score (nSPS) is 18.0. The molecule has 0 amide bonds. The van der Waals surface area contributed by atoms with Gasteiger partial charge < -0.3 is 30.2 Å². The third kappa shape index (κ3) is 7.26. The predicted molar refractivity (Wildman–Crippen MR) is 145 cm³/mol. The van der Waals surface area contributed by atoms with Crippen molar-refractivity contribution in [1.82, 2.24) is 0 Å². The average molecular weight is 534 g/mol. The number of benzene rings is 2. The molecule has 13 heteroatoms. The summed E-state index contributed by atoms with van der Waals surface area (Å²) >= 11 is 3.29. The zero-order chi connectivity index (χ0) is 26.1. The Morgan fingerprint density at radius 1 is 0.972 bits per heavy atom. The number of nitro groups is 1. The van der Waals surface area contributed by atoms with Crippen LogP contribution < -0.4 is 16.7 Å². The van der Waals surface area contributed by atoms with Gasteiger partial charge in [-0.3, -0.25) is 10.1 Å². The lowest BCUT2D eigenvalue weighted by molar-refractivity contribution is -0.490. The molecule has 9 nitrogen and oxygen atoms in total. The third-order valence-corrected chi connectivity index (χ3v) is 8.14. The number of hydrogen-bond acceptors (Lipinski definition) is 10. The number of rotatable bonds is 11. The fraction of sp³-hybridized carbons (Fsp3) is 0.478. The highest BCUT2D eigenvalue weighted by molar-refractivity contribution is 7.99. The molecule has 194 valence electrons. The maximum absolute atomic E-state index is 10.6. The molecule has 2 aliphatic heterocycles. The molecule has 2 unspecified atom stereocenters. The first kappa shape index (κ1) is 29.0. The lowest BCUT2D eigenvalue weighted by atomic mass is 9.79. The topological polar surface area (TPSA) is 148 Å². The number of nitrogens with zero attached hydrogens (tertiary/aromatic N) is 1. The summed E-state index contributed by atoms with van der Waals surface area (Å²) in [5, 5.41) is 39.2. The van der Waals surface area contributed by atoms with E-state index in [9.17, 15) is 20.2 Å². The summed E-state index contributed by atoms with van der Waals surface area (Å²) in [6.07, 6.45) is 2.10. The Hall–Kier alpha value is -1.57. The Balaban J connectivity index is 0.000000202. The van der Waals surface area contributed by atoms with Crippen LogP contribution in [0, 0.1) is 10.1 Å². The largest absolute Gasteiger partial charge is 0.493 e. The molecule has 4 rings (SSSR count). The lowest BCUT2D eigenvalue weighted by Gasteiger charge is -2.09. The Bertz CT molecular complexity index is 1020. The van der Waals surface area contributed by atoms with Gasteiger partial charge in [-0.2, -0.15) is 0 Å². The number of fused-ring (bicyclic) bond motifs is 2. The molecule has 5 N–H and O–H groups in total. The van der Waals surface area contributed by atoms with E-state index < -0.39 is 25.3 Å². The molecule has 0 saturated heterocycles. The van der Waals surface area contributed by atoms with Gasteiger partial charge in [0.25, 0.3) is 0 Å². The molecule has 36 heavy (non-hydrogen) atoms. The van der Waals surface area contributed by atoms with Gasteiger partial charge in [0.2, 0.25) is 6.54 Å². The molecule has 2 atom stereocenters. The third-order valence-electron chi connectivity index (χ3n) is 5.82. The second kappa shape index (κ2) is 14.4. The summed E-state index contributed by atoms with van der Waals surface area (Å²) in [5.41, 5.74) is 8.87. The van der Waals surface area contributed by atoms with Gasteiger partial charge in [0, 0.05) is 44.5 Å². The molecule has 2 aromatic carbocycles. The standard InChI is InChI=1S/C12H16BNO4S.C11H16BNO3S/c1-2-3-7-19-11-6-4-5-9-10(8-14(16)17)18-13(15)12(9)11;13-7-9-8-3-1-4-10(17-6-2-5-14)11(8)12(15)16-9/h4-6,10,15H,2-3,7-8H2,1H3;1,3-4,9,14-15H,2,5-7,13H2. The molecule has 0 fully saturated rings. The van der Waals surface area contributed by atoms with E-state index in [1.807, 2.05) is 30.3 Å². The molecule has 0 aromatic heterocycles. The Kier molecular flexibility index (Phi) is 11.6. The number of thioether (sulfide) groups is 2. The van der Waals surface area contributed by atoms with Crippen LogP contribution in [-0.4, -0.2) is 65.5 Å². The summed E-state index contributed by atoms with van der Waals surface area (Å²) in [4.78, 5) is 12.2. The van der Waals surface area contributed by atoms with Gasteiger partial charge in [0.15, 0.2) is 0 Å². The first-order chi connectivity index (χ1) is 17.4. The van der Waals surface area contributed by atoms with Gasteiger partial charge in [0.1, 0.15) is 6.10 Å². The van der Waals surface area contributed by atoms with Crippen molar-refractivity contribution in [3.63, 3.8) is 0 Å². The van der Waals surface area contributed by atoms with E-state index in [-0.39, 0.29) is 19.3 Å².